The fraction of sp³-hybridized carbons (Fsp3) is 0.250. The van der Waals surface area contributed by atoms with Crippen LogP contribution in [0.25, 0.3) is 11.3 Å². The van der Waals surface area contributed by atoms with E-state index in [1.807, 2.05) is 42.2 Å². The predicted molar refractivity (Wildman–Crippen MR) is 59.9 cm³/mol. The van der Waals surface area contributed by atoms with E-state index in [0.29, 0.717) is 0 Å². The summed E-state index contributed by atoms with van der Waals surface area (Å²) < 4.78 is 6.94. The average Bonchev–Trinajstić information content (AvgIpc) is 2.58. The number of ether oxygens (including phenoxy) is 1. The third kappa shape index (κ3) is 1.86. The fourth-order valence-electron chi connectivity index (χ4n) is 1.64. The van der Waals surface area contributed by atoms with Crippen LogP contribution < -0.4 is 4.74 Å². The maximum atomic E-state index is 5.11. The topological polar surface area (TPSA) is 27.1 Å². The number of nitrogens with zero attached hydrogens (tertiary/aromatic N) is 2. The summed E-state index contributed by atoms with van der Waals surface area (Å²) in [5.41, 5.74) is 3.33. The smallest absolute Gasteiger partial charge is 0.118 e. The maximum absolute atomic E-state index is 5.11. The molecule has 0 bridgehead atoms. The van der Waals surface area contributed by atoms with Crippen molar-refractivity contribution in [2.24, 2.45) is 7.05 Å². The standard InChI is InChI=1S/C12H14N2O/c1-9-8-14(2)13-12(9)10-4-6-11(15-3)7-5-10/h4-8H,1-3H3. The predicted octanol–water partition coefficient (Wildman–Crippen LogP) is 2.40. The quantitative estimate of drug-likeness (QED) is 0.747. The highest BCUT2D eigenvalue weighted by Crippen LogP contribution is 2.23. The molecule has 2 aromatic rings. The summed E-state index contributed by atoms with van der Waals surface area (Å²) in [5.74, 6) is 0.868. The first-order valence-electron chi connectivity index (χ1n) is 4.85. The van der Waals surface area contributed by atoms with E-state index in [9.17, 15) is 0 Å². The second kappa shape index (κ2) is 3.77. The molecule has 0 unspecified atom stereocenters. The lowest BCUT2D eigenvalue weighted by Crippen LogP contribution is -1.88. The second-order valence-electron chi connectivity index (χ2n) is 3.56. The van der Waals surface area contributed by atoms with E-state index in [4.69, 9.17) is 4.74 Å². The Morgan fingerprint density at radius 3 is 2.33 bits per heavy atom. The molecule has 3 heteroatoms. The Balaban J connectivity index is 2.41. The number of methoxy groups -OCH3 is 1. The Bertz CT molecular complexity index is 457. The Hall–Kier alpha value is -1.77. The van der Waals surface area contributed by atoms with Crippen molar-refractivity contribution in [3.8, 4) is 17.0 Å². The second-order valence-corrected chi connectivity index (χ2v) is 3.56. The van der Waals surface area contributed by atoms with Crippen molar-refractivity contribution in [1.29, 1.82) is 0 Å². The normalized spacial score (nSPS) is 10.3. The average molecular weight is 202 g/mol. The van der Waals surface area contributed by atoms with Gasteiger partial charge in [0.15, 0.2) is 0 Å². The lowest BCUT2D eigenvalue weighted by Gasteiger charge is -2.01. The summed E-state index contributed by atoms with van der Waals surface area (Å²) in [7, 11) is 3.60. The Labute approximate surface area is 89.3 Å². The van der Waals surface area contributed by atoms with Crippen LogP contribution in [0.15, 0.2) is 30.5 Å². The van der Waals surface area contributed by atoms with Gasteiger partial charge in [-0.1, -0.05) is 0 Å². The Kier molecular flexibility index (Phi) is 2.46. The first-order chi connectivity index (χ1) is 7.20. The van der Waals surface area contributed by atoms with Gasteiger partial charge in [-0.3, -0.25) is 4.68 Å². The summed E-state index contributed by atoms with van der Waals surface area (Å²) in [6.07, 6.45) is 2.01. The molecule has 0 amide bonds. The van der Waals surface area contributed by atoms with Gasteiger partial charge in [0.1, 0.15) is 5.75 Å². The van der Waals surface area contributed by atoms with E-state index in [-0.39, 0.29) is 0 Å². The molecular formula is C12H14N2O. The molecular weight excluding hydrogens is 188 g/mol. The molecule has 1 aromatic heterocycles. The molecule has 0 aliphatic carbocycles. The van der Waals surface area contributed by atoms with Crippen LogP contribution in [0.1, 0.15) is 5.56 Å². The lowest BCUT2D eigenvalue weighted by atomic mass is 10.1. The first-order valence-corrected chi connectivity index (χ1v) is 4.85. The zero-order valence-corrected chi connectivity index (χ0v) is 9.19. The van der Waals surface area contributed by atoms with Gasteiger partial charge < -0.3 is 4.74 Å². The molecule has 3 nitrogen and oxygen atoms in total. The molecule has 0 aliphatic heterocycles. The highest BCUT2D eigenvalue weighted by atomic mass is 16.5. The molecule has 1 aromatic carbocycles. The van der Waals surface area contributed by atoms with Crippen molar-refractivity contribution >= 4 is 0 Å². The molecule has 0 saturated heterocycles. The molecule has 0 aliphatic rings. The largest absolute Gasteiger partial charge is 0.497 e. The van der Waals surface area contributed by atoms with E-state index >= 15 is 0 Å². The number of hydrogen-bond acceptors (Lipinski definition) is 2. The molecule has 0 spiro atoms. The van der Waals surface area contributed by atoms with E-state index in [2.05, 4.69) is 12.0 Å². The van der Waals surface area contributed by atoms with Gasteiger partial charge in [-0.2, -0.15) is 5.10 Å². The maximum Gasteiger partial charge on any atom is 0.118 e. The van der Waals surface area contributed by atoms with Crippen LogP contribution >= 0.6 is 0 Å². The van der Waals surface area contributed by atoms with Crippen LogP contribution in [-0.4, -0.2) is 16.9 Å². The van der Waals surface area contributed by atoms with Crippen molar-refractivity contribution in [2.45, 2.75) is 6.92 Å². The minimum atomic E-state index is 0.868. The van der Waals surface area contributed by atoms with Crippen LogP contribution in [0.2, 0.25) is 0 Å². The Morgan fingerprint density at radius 2 is 1.87 bits per heavy atom. The van der Waals surface area contributed by atoms with Gasteiger partial charge in [-0.05, 0) is 36.8 Å². The monoisotopic (exact) mass is 202 g/mol. The minimum absolute atomic E-state index is 0.868. The first kappa shape index (κ1) is 9.77. The summed E-state index contributed by atoms with van der Waals surface area (Å²) >= 11 is 0. The summed E-state index contributed by atoms with van der Waals surface area (Å²) in [6, 6.07) is 7.94. The fourth-order valence-corrected chi connectivity index (χ4v) is 1.64. The number of aromatic nitrogens is 2. The van der Waals surface area contributed by atoms with Crippen molar-refractivity contribution < 1.29 is 4.74 Å². The third-order valence-corrected chi connectivity index (χ3v) is 2.38. The summed E-state index contributed by atoms with van der Waals surface area (Å²) in [6.45, 7) is 2.06. The van der Waals surface area contributed by atoms with Crippen LogP contribution in [0.4, 0.5) is 0 Å². The van der Waals surface area contributed by atoms with Gasteiger partial charge in [-0.25, -0.2) is 0 Å². The molecule has 1 heterocycles. The molecule has 0 saturated carbocycles. The highest BCUT2D eigenvalue weighted by molar-refractivity contribution is 5.63. The Morgan fingerprint density at radius 1 is 1.20 bits per heavy atom. The van der Waals surface area contributed by atoms with Crippen molar-refractivity contribution in [1.82, 2.24) is 9.78 Å². The van der Waals surface area contributed by atoms with Gasteiger partial charge in [0, 0.05) is 18.8 Å². The molecule has 0 atom stereocenters. The van der Waals surface area contributed by atoms with Gasteiger partial charge in [0.25, 0.3) is 0 Å². The van der Waals surface area contributed by atoms with E-state index in [1.54, 1.807) is 7.11 Å². The number of aryl methyl sites for hydroxylation is 2. The molecule has 0 radical (unpaired) electrons. The summed E-state index contributed by atoms with van der Waals surface area (Å²) in [5, 5.41) is 4.41. The van der Waals surface area contributed by atoms with Gasteiger partial charge in [0.2, 0.25) is 0 Å². The number of hydrogen-bond donors (Lipinski definition) is 0. The van der Waals surface area contributed by atoms with E-state index < -0.39 is 0 Å². The van der Waals surface area contributed by atoms with E-state index in [0.717, 1.165) is 17.0 Å². The van der Waals surface area contributed by atoms with Crippen molar-refractivity contribution in [3.05, 3.63) is 36.0 Å². The van der Waals surface area contributed by atoms with Crippen LogP contribution in [-0.2, 0) is 7.05 Å². The van der Waals surface area contributed by atoms with Gasteiger partial charge >= 0.3 is 0 Å². The molecule has 0 fully saturated rings. The minimum Gasteiger partial charge on any atom is -0.497 e. The zero-order chi connectivity index (χ0) is 10.8. The third-order valence-electron chi connectivity index (χ3n) is 2.38. The van der Waals surface area contributed by atoms with E-state index in [1.165, 1.54) is 5.56 Å². The van der Waals surface area contributed by atoms with Crippen LogP contribution in [0.5, 0.6) is 5.75 Å². The molecule has 0 N–H and O–H groups in total. The number of benzene rings is 1. The summed E-state index contributed by atoms with van der Waals surface area (Å²) in [4.78, 5) is 0. The lowest BCUT2D eigenvalue weighted by molar-refractivity contribution is 0.415. The number of rotatable bonds is 2. The van der Waals surface area contributed by atoms with Crippen LogP contribution in [0, 0.1) is 6.92 Å². The van der Waals surface area contributed by atoms with Crippen molar-refractivity contribution in [3.63, 3.8) is 0 Å². The molecule has 2 rings (SSSR count). The van der Waals surface area contributed by atoms with Gasteiger partial charge in [0.05, 0.1) is 12.8 Å². The molecule has 15 heavy (non-hydrogen) atoms. The van der Waals surface area contributed by atoms with Crippen LogP contribution in [0.3, 0.4) is 0 Å². The SMILES string of the molecule is COc1ccc(-c2nn(C)cc2C)cc1. The molecule has 78 valence electrons. The zero-order valence-electron chi connectivity index (χ0n) is 9.19. The highest BCUT2D eigenvalue weighted by Gasteiger charge is 2.05. The van der Waals surface area contributed by atoms with Gasteiger partial charge in [-0.15, -0.1) is 0 Å². The van der Waals surface area contributed by atoms with Crippen molar-refractivity contribution in [2.75, 3.05) is 7.11 Å².